The van der Waals surface area contributed by atoms with Crippen molar-refractivity contribution in [1.29, 1.82) is 0 Å². The van der Waals surface area contributed by atoms with Gasteiger partial charge in [0.1, 0.15) is 0 Å². The molecule has 2 bridgehead atoms. The highest BCUT2D eigenvalue weighted by atomic mass is 19.4. The summed E-state index contributed by atoms with van der Waals surface area (Å²) >= 11 is 0. The van der Waals surface area contributed by atoms with Crippen LogP contribution in [0.15, 0.2) is 12.1 Å². The quantitative estimate of drug-likeness (QED) is 0.604. The Morgan fingerprint density at radius 3 is 1.19 bits per heavy atom. The molecule has 0 saturated heterocycles. The lowest BCUT2D eigenvalue weighted by molar-refractivity contribution is -0.163. The van der Waals surface area contributed by atoms with E-state index >= 15 is 0 Å². The molecule has 0 aromatic heterocycles. The Labute approximate surface area is 86.9 Å². The van der Waals surface area contributed by atoms with Crippen LogP contribution in [-0.4, -0.2) is 0 Å². The van der Waals surface area contributed by atoms with Crippen LogP contribution in [-0.2, 0) is 25.2 Å². The Kier molecular flexibility index (Phi) is 2.22. The Balaban J connectivity index is 2.74. The highest BCUT2D eigenvalue weighted by Crippen LogP contribution is 2.46. The molecule has 0 N–H and O–H groups in total. The molecule has 2 aliphatic rings. The molecule has 16 heavy (non-hydrogen) atoms. The first-order valence-electron chi connectivity index (χ1n) is 4.50. The van der Waals surface area contributed by atoms with Crippen LogP contribution in [0.4, 0.5) is 26.3 Å². The molecule has 1 aromatic rings. The molecule has 0 amide bonds. The van der Waals surface area contributed by atoms with Gasteiger partial charge in [-0.3, -0.25) is 0 Å². The molecular formula is C10H6F6. The Hall–Kier alpha value is -1.20. The van der Waals surface area contributed by atoms with Gasteiger partial charge in [0.25, 0.3) is 0 Å². The van der Waals surface area contributed by atoms with Crippen LogP contribution < -0.4 is 0 Å². The predicted molar refractivity (Wildman–Crippen MR) is 43.9 cm³/mol. The predicted octanol–water partition coefficient (Wildman–Crippen LogP) is 3.82. The Morgan fingerprint density at radius 1 is 0.688 bits per heavy atom. The summed E-state index contributed by atoms with van der Waals surface area (Å²) in [5, 5.41) is 0. The molecule has 0 spiro atoms. The van der Waals surface area contributed by atoms with Crippen LogP contribution in [0.2, 0.25) is 0 Å². The lowest BCUT2D eigenvalue weighted by atomic mass is 9.84. The number of fused-ring (bicyclic) bond motifs is 3. The van der Waals surface area contributed by atoms with Gasteiger partial charge in [0, 0.05) is 0 Å². The maximum absolute atomic E-state index is 12.6. The van der Waals surface area contributed by atoms with Crippen molar-refractivity contribution in [3.63, 3.8) is 0 Å². The summed E-state index contributed by atoms with van der Waals surface area (Å²) < 4.78 is 75.3. The van der Waals surface area contributed by atoms with Gasteiger partial charge < -0.3 is 0 Å². The van der Waals surface area contributed by atoms with Gasteiger partial charge in [-0.15, -0.1) is 0 Å². The number of benzene rings is 1. The van der Waals surface area contributed by atoms with Crippen molar-refractivity contribution < 1.29 is 26.3 Å². The van der Waals surface area contributed by atoms with Crippen LogP contribution in [0.25, 0.3) is 0 Å². The van der Waals surface area contributed by atoms with Crippen molar-refractivity contribution in [2.45, 2.75) is 25.2 Å². The van der Waals surface area contributed by atoms with Crippen molar-refractivity contribution in [3.05, 3.63) is 34.4 Å². The third-order valence-electron chi connectivity index (χ3n) is 2.61. The standard InChI is InChI=1S/C10H6F6/c11-9(12,13)7-5-1-2-6(4-3-5)8(7)10(14,15)16/h1-2H,3-4H2. The number of rotatable bonds is 0. The third-order valence-corrected chi connectivity index (χ3v) is 2.61. The summed E-state index contributed by atoms with van der Waals surface area (Å²) in [5.74, 6) is 0. The normalized spacial score (nSPS) is 15.6. The van der Waals surface area contributed by atoms with E-state index in [1.165, 1.54) is 0 Å². The first-order valence-corrected chi connectivity index (χ1v) is 4.50. The molecule has 0 saturated carbocycles. The lowest BCUT2D eigenvalue weighted by Gasteiger charge is -2.26. The number of aryl methyl sites for hydroxylation is 2. The molecule has 0 aliphatic heterocycles. The van der Waals surface area contributed by atoms with Crippen LogP contribution in [0.5, 0.6) is 0 Å². The average Bonchev–Trinajstić information content (AvgIpc) is 2.15. The fourth-order valence-electron chi connectivity index (χ4n) is 2.02. The first kappa shape index (κ1) is 11.3. The van der Waals surface area contributed by atoms with E-state index in [1.54, 1.807) is 0 Å². The van der Waals surface area contributed by atoms with Crippen molar-refractivity contribution in [2.24, 2.45) is 0 Å². The van der Waals surface area contributed by atoms with Crippen LogP contribution in [0.3, 0.4) is 0 Å². The summed E-state index contributed by atoms with van der Waals surface area (Å²) in [5.41, 5.74) is -3.56. The van der Waals surface area contributed by atoms with Crippen molar-refractivity contribution >= 4 is 0 Å². The van der Waals surface area contributed by atoms with Crippen molar-refractivity contribution in [2.75, 3.05) is 0 Å². The first-order chi connectivity index (χ1) is 7.21. The summed E-state index contributed by atoms with van der Waals surface area (Å²) in [7, 11) is 0. The molecule has 0 atom stereocenters. The second kappa shape index (κ2) is 3.15. The second-order valence-corrected chi connectivity index (χ2v) is 3.63. The fraction of sp³-hybridized carbons (Fsp3) is 0.400. The molecule has 0 fully saturated rings. The highest BCUT2D eigenvalue weighted by molar-refractivity contribution is 5.48. The van der Waals surface area contributed by atoms with Crippen LogP contribution in [0, 0.1) is 0 Å². The zero-order valence-corrected chi connectivity index (χ0v) is 7.84. The van der Waals surface area contributed by atoms with Gasteiger partial charge in [0.15, 0.2) is 0 Å². The molecule has 6 heteroatoms. The number of hydrogen-bond donors (Lipinski definition) is 0. The maximum atomic E-state index is 12.6. The molecular weight excluding hydrogens is 234 g/mol. The van der Waals surface area contributed by atoms with E-state index in [1.807, 2.05) is 0 Å². The van der Waals surface area contributed by atoms with Gasteiger partial charge in [-0.05, 0) is 24.0 Å². The van der Waals surface area contributed by atoms with Gasteiger partial charge in [-0.25, -0.2) is 0 Å². The SMILES string of the molecule is FC(F)(F)c1c2ccc(c1C(F)(F)F)CC2. The van der Waals surface area contributed by atoms with Crippen LogP contribution >= 0.6 is 0 Å². The van der Waals surface area contributed by atoms with Gasteiger partial charge in [-0.2, -0.15) is 26.3 Å². The largest absolute Gasteiger partial charge is 0.417 e. The highest BCUT2D eigenvalue weighted by Gasteiger charge is 2.47. The average molecular weight is 240 g/mol. The molecule has 0 nitrogen and oxygen atoms in total. The fourth-order valence-corrected chi connectivity index (χ4v) is 2.02. The molecule has 0 unspecified atom stereocenters. The summed E-state index contributed by atoms with van der Waals surface area (Å²) in [4.78, 5) is 0. The molecule has 88 valence electrons. The van der Waals surface area contributed by atoms with Gasteiger partial charge in [0.2, 0.25) is 0 Å². The van der Waals surface area contributed by atoms with Crippen molar-refractivity contribution in [3.8, 4) is 0 Å². The number of hydrogen-bond acceptors (Lipinski definition) is 0. The molecule has 0 radical (unpaired) electrons. The Morgan fingerprint density at radius 2 is 1.00 bits per heavy atom. The van der Waals surface area contributed by atoms with E-state index in [0.717, 1.165) is 12.1 Å². The summed E-state index contributed by atoms with van der Waals surface area (Å²) in [6.45, 7) is 0. The van der Waals surface area contributed by atoms with E-state index in [9.17, 15) is 26.3 Å². The van der Waals surface area contributed by atoms with E-state index in [4.69, 9.17) is 0 Å². The third kappa shape index (κ3) is 1.66. The molecule has 3 rings (SSSR count). The van der Waals surface area contributed by atoms with E-state index in [2.05, 4.69) is 0 Å². The van der Waals surface area contributed by atoms with Gasteiger partial charge >= 0.3 is 12.4 Å². The smallest absolute Gasteiger partial charge is 0.166 e. The zero-order valence-electron chi connectivity index (χ0n) is 7.84. The summed E-state index contributed by atoms with van der Waals surface area (Å²) in [6, 6.07) is 2.24. The van der Waals surface area contributed by atoms with Crippen LogP contribution in [0.1, 0.15) is 22.3 Å². The minimum atomic E-state index is -4.95. The topological polar surface area (TPSA) is 0 Å². The Bertz CT molecular complexity index is 385. The monoisotopic (exact) mass is 240 g/mol. The zero-order chi connectivity index (χ0) is 12.1. The van der Waals surface area contributed by atoms with E-state index in [-0.39, 0.29) is 24.0 Å². The lowest BCUT2D eigenvalue weighted by Crippen LogP contribution is -2.25. The minimum Gasteiger partial charge on any atom is -0.166 e. The summed E-state index contributed by atoms with van der Waals surface area (Å²) in [6.07, 6.45) is -9.84. The molecule has 1 aromatic carbocycles. The van der Waals surface area contributed by atoms with E-state index < -0.39 is 23.5 Å². The number of halogens is 6. The minimum absolute atomic E-state index is 0.0280. The van der Waals surface area contributed by atoms with Crippen molar-refractivity contribution in [1.82, 2.24) is 0 Å². The van der Waals surface area contributed by atoms with Gasteiger partial charge in [-0.1, -0.05) is 12.1 Å². The van der Waals surface area contributed by atoms with Gasteiger partial charge in [0.05, 0.1) is 11.1 Å². The number of alkyl halides is 6. The molecule has 0 heterocycles. The maximum Gasteiger partial charge on any atom is 0.417 e. The molecule has 2 aliphatic carbocycles. The second-order valence-electron chi connectivity index (χ2n) is 3.63. The van der Waals surface area contributed by atoms with E-state index in [0.29, 0.717) is 0 Å².